The highest BCUT2D eigenvalue weighted by Gasteiger charge is 2.68. The van der Waals surface area contributed by atoms with Crippen LogP contribution in [0.2, 0.25) is 0 Å². The first-order valence-electron chi connectivity index (χ1n) is 7.85. The minimum atomic E-state index is -4.46. The lowest BCUT2D eigenvalue weighted by molar-refractivity contribution is -0.180. The summed E-state index contributed by atoms with van der Waals surface area (Å²) >= 11 is 0. The van der Waals surface area contributed by atoms with Gasteiger partial charge in [0.05, 0.1) is 0 Å². The van der Waals surface area contributed by atoms with E-state index in [0.29, 0.717) is 5.56 Å². The molecule has 4 nitrogen and oxygen atoms in total. The highest BCUT2D eigenvalue weighted by atomic mass is 19.4. The average molecular weight is 343 g/mol. The molecule has 130 valence electrons. The molecule has 2 aliphatic rings. The van der Waals surface area contributed by atoms with Crippen molar-refractivity contribution in [2.75, 3.05) is 13.1 Å². The van der Waals surface area contributed by atoms with Crippen molar-refractivity contribution in [3.63, 3.8) is 0 Å². The summed E-state index contributed by atoms with van der Waals surface area (Å²) < 4.78 is 52.5. The molecule has 0 atom stereocenters. The van der Waals surface area contributed by atoms with E-state index in [1.165, 1.54) is 6.07 Å². The molecule has 1 aromatic rings. The van der Waals surface area contributed by atoms with Crippen molar-refractivity contribution in [3.8, 4) is 0 Å². The van der Waals surface area contributed by atoms with Gasteiger partial charge in [-0.25, -0.2) is 4.39 Å². The van der Waals surface area contributed by atoms with Crippen LogP contribution in [0.25, 0.3) is 0 Å². The molecular weight excluding hydrogens is 326 g/mol. The van der Waals surface area contributed by atoms with Crippen LogP contribution < -0.4 is 0 Å². The molecule has 2 aliphatic heterocycles. The third kappa shape index (κ3) is 3.14. The van der Waals surface area contributed by atoms with Crippen LogP contribution in [0.4, 0.5) is 17.6 Å². The molecule has 1 fully saturated rings. The summed E-state index contributed by atoms with van der Waals surface area (Å²) in [7, 11) is 0. The second-order valence-corrected chi connectivity index (χ2v) is 6.17. The Morgan fingerprint density at radius 3 is 2.38 bits per heavy atom. The van der Waals surface area contributed by atoms with Crippen LogP contribution in [0.3, 0.4) is 0 Å². The van der Waals surface area contributed by atoms with Crippen LogP contribution in [0.5, 0.6) is 0 Å². The molecule has 24 heavy (non-hydrogen) atoms. The summed E-state index contributed by atoms with van der Waals surface area (Å²) in [6.45, 7) is 0.507. The summed E-state index contributed by atoms with van der Waals surface area (Å²) in [5.74, 6) is -1.22. The average Bonchev–Trinajstić information content (AvgIpc) is 3.35. The second-order valence-electron chi connectivity index (χ2n) is 6.17. The fourth-order valence-corrected chi connectivity index (χ4v) is 3.19. The monoisotopic (exact) mass is 343 g/mol. The van der Waals surface area contributed by atoms with E-state index in [-0.39, 0.29) is 50.5 Å². The van der Waals surface area contributed by atoms with Crippen LogP contribution in [0.1, 0.15) is 24.8 Å². The molecule has 0 N–H and O–H groups in total. The third-order valence-corrected chi connectivity index (χ3v) is 4.72. The summed E-state index contributed by atoms with van der Waals surface area (Å²) in [5, 5.41) is 6.48. The first-order valence-corrected chi connectivity index (χ1v) is 7.85. The van der Waals surface area contributed by atoms with Gasteiger partial charge < -0.3 is 4.90 Å². The van der Waals surface area contributed by atoms with Crippen molar-refractivity contribution >= 4 is 5.91 Å². The first-order chi connectivity index (χ1) is 11.3. The highest BCUT2D eigenvalue weighted by Crippen LogP contribution is 2.52. The maximum absolute atomic E-state index is 13.5. The standard InChI is InChI=1S/C16H17F4N3O/c17-13-4-2-1-3-11(13)5-6-14(24)23-9-7-12(8-10-23)15(21-22-15)16(18,19)20/h1-4,12H,5-10H2. The van der Waals surface area contributed by atoms with Crippen molar-refractivity contribution < 1.29 is 22.4 Å². The summed E-state index contributed by atoms with van der Waals surface area (Å²) in [6.07, 6.45) is -3.60. The van der Waals surface area contributed by atoms with E-state index in [4.69, 9.17) is 0 Å². The number of amides is 1. The van der Waals surface area contributed by atoms with E-state index in [9.17, 15) is 22.4 Å². The number of nitrogens with zero attached hydrogens (tertiary/aromatic N) is 3. The first kappa shape index (κ1) is 16.9. The lowest BCUT2D eigenvalue weighted by Gasteiger charge is -2.34. The highest BCUT2D eigenvalue weighted by molar-refractivity contribution is 5.76. The number of rotatable bonds is 4. The Hall–Kier alpha value is -1.99. The van der Waals surface area contributed by atoms with Gasteiger partial charge in [0, 0.05) is 25.4 Å². The topological polar surface area (TPSA) is 45.0 Å². The minimum absolute atomic E-state index is 0.144. The van der Waals surface area contributed by atoms with Gasteiger partial charge in [0.1, 0.15) is 5.82 Å². The van der Waals surface area contributed by atoms with E-state index in [0.717, 1.165) is 0 Å². The summed E-state index contributed by atoms with van der Waals surface area (Å²) in [6, 6.07) is 6.24. The Labute approximate surface area is 136 Å². The Kier molecular flexibility index (Phi) is 4.31. The van der Waals surface area contributed by atoms with E-state index in [1.807, 2.05) is 0 Å². The number of piperidine rings is 1. The number of benzene rings is 1. The normalized spacial score (nSPS) is 20.2. The zero-order valence-corrected chi connectivity index (χ0v) is 12.9. The fourth-order valence-electron chi connectivity index (χ4n) is 3.19. The van der Waals surface area contributed by atoms with Gasteiger partial charge in [-0.05, 0) is 30.9 Å². The van der Waals surface area contributed by atoms with E-state index < -0.39 is 17.8 Å². The predicted molar refractivity (Wildman–Crippen MR) is 77.7 cm³/mol. The maximum Gasteiger partial charge on any atom is 0.437 e. The Bertz CT molecular complexity index is 645. The predicted octanol–water partition coefficient (Wildman–Crippen LogP) is 3.72. The van der Waals surface area contributed by atoms with E-state index in [1.54, 1.807) is 23.1 Å². The molecule has 0 aromatic heterocycles. The number of carbonyl (C=O) groups is 1. The van der Waals surface area contributed by atoms with Gasteiger partial charge in [-0.3, -0.25) is 4.79 Å². The molecule has 8 heteroatoms. The second kappa shape index (κ2) is 6.14. The SMILES string of the molecule is O=C(CCc1ccccc1F)N1CCC(C2(C(F)(F)F)N=N2)CC1. The van der Waals surface area contributed by atoms with Crippen molar-refractivity contribution in [2.45, 2.75) is 37.5 Å². The maximum atomic E-state index is 13.5. The Morgan fingerprint density at radius 1 is 1.21 bits per heavy atom. The van der Waals surface area contributed by atoms with Crippen LogP contribution in [0.15, 0.2) is 34.5 Å². The lowest BCUT2D eigenvalue weighted by atomic mass is 9.86. The Balaban J connectivity index is 1.50. The number of carbonyl (C=O) groups excluding carboxylic acids is 1. The molecule has 0 aliphatic carbocycles. The van der Waals surface area contributed by atoms with Crippen molar-refractivity contribution in [3.05, 3.63) is 35.6 Å². The molecule has 0 radical (unpaired) electrons. The number of likely N-dealkylation sites (tertiary alicyclic amines) is 1. The van der Waals surface area contributed by atoms with Gasteiger partial charge in [-0.15, -0.1) is 10.2 Å². The molecule has 0 saturated carbocycles. The molecular formula is C16H17F4N3O. The van der Waals surface area contributed by atoms with Gasteiger partial charge in [0.2, 0.25) is 5.91 Å². The van der Waals surface area contributed by atoms with Crippen LogP contribution in [-0.2, 0) is 11.2 Å². The summed E-state index contributed by atoms with van der Waals surface area (Å²) in [5.41, 5.74) is -1.78. The van der Waals surface area contributed by atoms with Crippen molar-refractivity contribution in [1.29, 1.82) is 0 Å². The van der Waals surface area contributed by atoms with Crippen LogP contribution in [0, 0.1) is 11.7 Å². The molecule has 1 amide bonds. The molecule has 0 spiro atoms. The molecule has 2 heterocycles. The molecule has 1 aromatic carbocycles. The van der Waals surface area contributed by atoms with Gasteiger partial charge in [0.25, 0.3) is 5.66 Å². The largest absolute Gasteiger partial charge is 0.437 e. The minimum Gasteiger partial charge on any atom is -0.343 e. The van der Waals surface area contributed by atoms with Crippen LogP contribution in [-0.4, -0.2) is 35.7 Å². The summed E-state index contributed by atoms with van der Waals surface area (Å²) in [4.78, 5) is 13.7. The number of hydrogen-bond acceptors (Lipinski definition) is 3. The van der Waals surface area contributed by atoms with Crippen molar-refractivity contribution in [1.82, 2.24) is 4.90 Å². The third-order valence-electron chi connectivity index (χ3n) is 4.72. The lowest BCUT2D eigenvalue weighted by Crippen LogP contribution is -2.47. The zero-order valence-electron chi connectivity index (χ0n) is 12.9. The molecule has 3 rings (SSSR count). The smallest absolute Gasteiger partial charge is 0.343 e. The number of hydrogen-bond donors (Lipinski definition) is 0. The van der Waals surface area contributed by atoms with Gasteiger partial charge in [-0.1, -0.05) is 18.2 Å². The number of aryl methyl sites for hydroxylation is 1. The van der Waals surface area contributed by atoms with Gasteiger partial charge in [0.15, 0.2) is 0 Å². The van der Waals surface area contributed by atoms with Crippen LogP contribution >= 0.6 is 0 Å². The number of halogens is 4. The quantitative estimate of drug-likeness (QED) is 0.769. The molecule has 0 bridgehead atoms. The van der Waals surface area contributed by atoms with E-state index in [2.05, 4.69) is 10.2 Å². The Morgan fingerprint density at radius 2 is 1.83 bits per heavy atom. The fraction of sp³-hybridized carbons (Fsp3) is 0.562. The molecule has 1 saturated heterocycles. The van der Waals surface area contributed by atoms with Crippen molar-refractivity contribution in [2.24, 2.45) is 16.1 Å². The van der Waals surface area contributed by atoms with Gasteiger partial charge >= 0.3 is 6.18 Å². The molecule has 0 unspecified atom stereocenters. The van der Waals surface area contributed by atoms with E-state index >= 15 is 0 Å². The zero-order chi connectivity index (χ0) is 17.4. The van der Waals surface area contributed by atoms with Gasteiger partial charge in [-0.2, -0.15) is 13.2 Å². The number of alkyl halides is 3.